The van der Waals surface area contributed by atoms with Crippen molar-refractivity contribution in [2.24, 2.45) is 0 Å². The highest BCUT2D eigenvalue weighted by Gasteiger charge is 2.14. The normalized spacial score (nSPS) is 10.1. The molecule has 0 radical (unpaired) electrons. The third-order valence-corrected chi connectivity index (χ3v) is 4.60. The molecule has 0 aliphatic rings. The highest BCUT2D eigenvalue weighted by Crippen LogP contribution is 2.17. The predicted octanol–water partition coefficient (Wildman–Crippen LogP) is 3.65. The fourth-order valence-corrected chi connectivity index (χ4v) is 3.15. The van der Waals surface area contributed by atoms with Gasteiger partial charge < -0.3 is 0 Å². The number of rotatable bonds is 3. The van der Waals surface area contributed by atoms with Gasteiger partial charge in [0.2, 0.25) is 11.4 Å². The molecule has 2 heterocycles. The van der Waals surface area contributed by atoms with Crippen LogP contribution >= 0.6 is 0 Å². The van der Waals surface area contributed by atoms with Crippen LogP contribution in [0.5, 0.6) is 0 Å². The van der Waals surface area contributed by atoms with Crippen LogP contribution in [0.3, 0.4) is 0 Å². The number of pyridine rings is 2. The first kappa shape index (κ1) is 17.1. The van der Waals surface area contributed by atoms with Crippen LogP contribution in [0.15, 0.2) is 97.6 Å². The molecule has 4 nitrogen and oxygen atoms in total. The second kappa shape index (κ2) is 7.53. The maximum absolute atomic E-state index is 9.28. The van der Waals surface area contributed by atoms with E-state index in [1.807, 2.05) is 107 Å². The fourth-order valence-electron chi connectivity index (χ4n) is 3.15. The minimum atomic E-state index is 0.636. The highest BCUT2D eigenvalue weighted by atomic mass is 14.9. The third kappa shape index (κ3) is 3.23. The summed E-state index contributed by atoms with van der Waals surface area (Å²) < 4.78 is 3.88. The van der Waals surface area contributed by atoms with Crippen molar-refractivity contribution in [3.63, 3.8) is 0 Å². The minimum Gasteiger partial charge on any atom is -0.192 e. The molecule has 4 rings (SSSR count). The van der Waals surface area contributed by atoms with Gasteiger partial charge in [0, 0.05) is 36.4 Å². The zero-order valence-corrected chi connectivity index (χ0v) is 15.0. The lowest BCUT2D eigenvalue weighted by Crippen LogP contribution is -2.31. The Morgan fingerprint density at radius 2 is 0.857 bits per heavy atom. The van der Waals surface area contributed by atoms with E-state index in [1.165, 1.54) is 0 Å². The molecule has 0 N–H and O–H groups in total. The number of nitriles is 2. The summed E-state index contributed by atoms with van der Waals surface area (Å²) in [6.07, 6.45) is 7.82. The van der Waals surface area contributed by atoms with Crippen molar-refractivity contribution in [2.75, 3.05) is 0 Å². The molecule has 0 bridgehead atoms. The molecule has 0 unspecified atom stereocenters. The van der Waals surface area contributed by atoms with Gasteiger partial charge in [0.05, 0.1) is 0 Å². The number of hydrogen-bond donors (Lipinski definition) is 0. The Morgan fingerprint density at radius 3 is 1.21 bits per heavy atom. The molecule has 0 spiro atoms. The molecule has 0 saturated carbocycles. The average Bonchev–Trinajstić information content (AvgIpc) is 2.79. The van der Waals surface area contributed by atoms with Gasteiger partial charge in [-0.2, -0.15) is 19.7 Å². The lowest BCUT2D eigenvalue weighted by atomic mass is 10.1. The third-order valence-electron chi connectivity index (χ3n) is 4.60. The molecule has 0 amide bonds. The van der Waals surface area contributed by atoms with Crippen LogP contribution in [0.1, 0.15) is 11.1 Å². The zero-order chi connectivity index (χ0) is 19.3. The Kier molecular flexibility index (Phi) is 4.61. The van der Waals surface area contributed by atoms with E-state index in [4.69, 9.17) is 0 Å². The molecular weight excluding hydrogens is 344 g/mol. The molecule has 0 aliphatic heterocycles. The average molecular weight is 360 g/mol. The van der Waals surface area contributed by atoms with E-state index >= 15 is 0 Å². The summed E-state index contributed by atoms with van der Waals surface area (Å²) in [5, 5.41) is 18.6. The van der Waals surface area contributed by atoms with E-state index < -0.39 is 0 Å². The van der Waals surface area contributed by atoms with Crippen molar-refractivity contribution in [3.05, 3.63) is 109 Å². The summed E-state index contributed by atoms with van der Waals surface area (Å²) >= 11 is 0. The Bertz CT molecular complexity index is 1110. The fraction of sp³-hybridized carbons (Fsp3) is 0. The number of nitrogens with zero attached hydrogens (tertiary/aromatic N) is 4. The van der Waals surface area contributed by atoms with E-state index in [0.29, 0.717) is 11.1 Å². The van der Waals surface area contributed by atoms with Crippen molar-refractivity contribution >= 4 is 0 Å². The molecule has 4 aromatic rings. The zero-order valence-electron chi connectivity index (χ0n) is 15.0. The van der Waals surface area contributed by atoms with E-state index in [2.05, 4.69) is 12.1 Å². The molecule has 2 aromatic heterocycles. The second-order valence-electron chi connectivity index (χ2n) is 6.25. The van der Waals surface area contributed by atoms with Crippen molar-refractivity contribution in [3.8, 4) is 34.6 Å². The van der Waals surface area contributed by atoms with Gasteiger partial charge in [-0.3, -0.25) is 0 Å². The lowest BCUT2D eigenvalue weighted by molar-refractivity contribution is -0.596. The molecule has 130 valence electrons. The van der Waals surface area contributed by atoms with Crippen LogP contribution in [0, 0.1) is 22.7 Å². The molecule has 2 aromatic carbocycles. The summed E-state index contributed by atoms with van der Waals surface area (Å²) in [4.78, 5) is 0. The highest BCUT2D eigenvalue weighted by molar-refractivity contribution is 5.61. The Balaban J connectivity index is 1.64. The van der Waals surface area contributed by atoms with Crippen LogP contribution in [0.2, 0.25) is 0 Å². The van der Waals surface area contributed by atoms with Crippen LogP contribution in [0.4, 0.5) is 0 Å². The summed E-state index contributed by atoms with van der Waals surface area (Å²) in [6, 6.07) is 27.6. The van der Waals surface area contributed by atoms with Gasteiger partial charge in [-0.15, -0.1) is 0 Å². The van der Waals surface area contributed by atoms with Crippen LogP contribution in [-0.2, 0) is 0 Å². The van der Waals surface area contributed by atoms with Crippen LogP contribution in [-0.4, -0.2) is 0 Å². The van der Waals surface area contributed by atoms with Crippen LogP contribution < -0.4 is 9.13 Å². The maximum Gasteiger partial charge on any atom is 0.228 e. The molecule has 0 aliphatic carbocycles. The molecular formula is C24H16N4+2. The largest absolute Gasteiger partial charge is 0.228 e. The monoisotopic (exact) mass is 360 g/mol. The summed E-state index contributed by atoms with van der Waals surface area (Å²) in [5.74, 6) is 0. The molecule has 0 saturated heterocycles. The quantitative estimate of drug-likeness (QED) is 0.524. The Labute approximate surface area is 163 Å². The topological polar surface area (TPSA) is 55.3 Å². The first-order valence-electron chi connectivity index (χ1n) is 8.82. The Morgan fingerprint density at radius 1 is 0.500 bits per heavy atom. The molecule has 0 fully saturated rings. The summed E-state index contributed by atoms with van der Waals surface area (Å²) in [5.41, 5.74) is 5.14. The predicted molar refractivity (Wildman–Crippen MR) is 104 cm³/mol. The first-order chi connectivity index (χ1) is 13.8. The van der Waals surface area contributed by atoms with Crippen molar-refractivity contribution in [1.82, 2.24) is 0 Å². The van der Waals surface area contributed by atoms with E-state index in [1.54, 1.807) is 0 Å². The molecule has 4 heteroatoms. The van der Waals surface area contributed by atoms with Crippen molar-refractivity contribution < 1.29 is 9.13 Å². The van der Waals surface area contributed by atoms with Gasteiger partial charge in [0.1, 0.15) is 23.3 Å². The minimum absolute atomic E-state index is 0.636. The molecule has 28 heavy (non-hydrogen) atoms. The van der Waals surface area contributed by atoms with Gasteiger partial charge in [0.25, 0.3) is 0 Å². The van der Waals surface area contributed by atoms with E-state index in [-0.39, 0.29) is 0 Å². The lowest BCUT2D eigenvalue weighted by Gasteiger charge is -2.02. The van der Waals surface area contributed by atoms with E-state index in [0.717, 1.165) is 22.5 Å². The number of para-hydroxylation sites is 2. The second-order valence-corrected chi connectivity index (χ2v) is 6.25. The van der Waals surface area contributed by atoms with E-state index in [9.17, 15) is 10.5 Å². The van der Waals surface area contributed by atoms with Gasteiger partial charge in [-0.1, -0.05) is 24.3 Å². The van der Waals surface area contributed by atoms with Gasteiger partial charge >= 0.3 is 0 Å². The van der Waals surface area contributed by atoms with Gasteiger partial charge in [0.15, 0.2) is 24.8 Å². The SMILES string of the molecule is N#Cc1ccccc1-[n+]1ccc(-c2cc[n+](-c3ccccc3C#N)cc2)cc1. The summed E-state index contributed by atoms with van der Waals surface area (Å²) in [6.45, 7) is 0. The first-order valence-corrected chi connectivity index (χ1v) is 8.82. The van der Waals surface area contributed by atoms with Crippen molar-refractivity contribution in [1.29, 1.82) is 10.5 Å². The van der Waals surface area contributed by atoms with Crippen LogP contribution in [0.25, 0.3) is 22.5 Å². The van der Waals surface area contributed by atoms with Gasteiger partial charge in [-0.05, 0) is 23.3 Å². The Hall–Kier alpha value is -4.28. The standard InChI is InChI=1S/C24H16N4/c25-17-21-5-1-3-7-23(21)27-13-9-19(10-14-27)20-11-15-28(16-12-20)24-8-4-2-6-22(24)18-26/h1-16H/q+2. The molecule has 0 atom stereocenters. The number of hydrogen-bond acceptors (Lipinski definition) is 2. The summed E-state index contributed by atoms with van der Waals surface area (Å²) in [7, 11) is 0. The smallest absolute Gasteiger partial charge is 0.192 e. The van der Waals surface area contributed by atoms with Gasteiger partial charge in [-0.25, -0.2) is 0 Å². The van der Waals surface area contributed by atoms with Crippen molar-refractivity contribution in [2.45, 2.75) is 0 Å². The number of aromatic nitrogens is 2. The maximum atomic E-state index is 9.28. The number of benzene rings is 2.